The number of nitrogens with zero attached hydrogens (tertiary/aromatic N) is 3. The van der Waals surface area contributed by atoms with Gasteiger partial charge in [-0.15, -0.1) is 10.2 Å². The lowest BCUT2D eigenvalue weighted by atomic mass is 9.93. The lowest BCUT2D eigenvalue weighted by Gasteiger charge is -2.23. The summed E-state index contributed by atoms with van der Waals surface area (Å²) in [5.74, 6) is -1.08. The quantitative estimate of drug-likeness (QED) is 0.0894. The molecule has 0 bridgehead atoms. The van der Waals surface area contributed by atoms with E-state index in [9.17, 15) is 14.7 Å². The molecule has 2 heterocycles. The number of carbonyl (C=O) groups is 2. The second-order valence-electron chi connectivity index (χ2n) is 9.17. The van der Waals surface area contributed by atoms with Gasteiger partial charge in [-0.05, 0) is 55.7 Å². The molecule has 0 spiro atoms. The highest BCUT2D eigenvalue weighted by molar-refractivity contribution is 8.00. The van der Waals surface area contributed by atoms with Crippen LogP contribution in [0.5, 0.6) is 0 Å². The number of hydrogen-bond acceptors (Lipinski definition) is 7. The molecule has 0 saturated carbocycles. The van der Waals surface area contributed by atoms with Crippen LogP contribution in [-0.2, 0) is 15.3 Å². The number of carbonyl (C=O) groups excluding carboxylic acids is 2. The van der Waals surface area contributed by atoms with Crippen molar-refractivity contribution in [1.82, 2.24) is 10.2 Å². The third kappa shape index (κ3) is 5.12. The van der Waals surface area contributed by atoms with Crippen LogP contribution >= 0.6 is 34.7 Å². The summed E-state index contributed by atoms with van der Waals surface area (Å²) in [7, 11) is 0. The Labute approximate surface area is 234 Å². The van der Waals surface area contributed by atoms with Gasteiger partial charge in [-0.1, -0.05) is 94.4 Å². The van der Waals surface area contributed by atoms with Crippen molar-refractivity contribution in [3.05, 3.63) is 111 Å². The fourth-order valence-corrected chi connectivity index (χ4v) is 6.37. The molecular weight excluding hydrogens is 538 g/mol. The van der Waals surface area contributed by atoms with Crippen molar-refractivity contribution in [3.8, 4) is 0 Å². The Hall–Kier alpha value is -3.46. The van der Waals surface area contributed by atoms with Crippen molar-refractivity contribution in [2.24, 2.45) is 0 Å². The summed E-state index contributed by atoms with van der Waals surface area (Å²) >= 11 is 9.04. The van der Waals surface area contributed by atoms with Crippen LogP contribution in [0, 0.1) is 20.8 Å². The van der Waals surface area contributed by atoms with E-state index in [1.165, 1.54) is 33.6 Å². The van der Waals surface area contributed by atoms with E-state index in [0.717, 1.165) is 16.7 Å². The number of halogens is 1. The van der Waals surface area contributed by atoms with Gasteiger partial charge in [0.15, 0.2) is 4.34 Å². The maximum atomic E-state index is 13.4. The number of anilines is 1. The molecule has 1 unspecified atom stereocenters. The van der Waals surface area contributed by atoms with Gasteiger partial charge in [0.2, 0.25) is 5.13 Å². The molecule has 6 nitrogen and oxygen atoms in total. The first-order valence-corrected chi connectivity index (χ1v) is 14.1. The topological polar surface area (TPSA) is 83.4 Å². The van der Waals surface area contributed by atoms with E-state index in [0.29, 0.717) is 26.2 Å². The summed E-state index contributed by atoms with van der Waals surface area (Å²) in [4.78, 5) is 28.2. The Morgan fingerprint density at radius 1 is 1.00 bits per heavy atom. The summed E-state index contributed by atoms with van der Waals surface area (Å²) < 4.78 is 0.668. The van der Waals surface area contributed by atoms with Crippen LogP contribution in [0.1, 0.15) is 39.4 Å². The molecule has 1 aliphatic rings. The lowest BCUT2D eigenvalue weighted by Crippen LogP contribution is -2.29. The Morgan fingerprint density at radius 2 is 1.74 bits per heavy atom. The molecule has 38 heavy (non-hydrogen) atoms. The van der Waals surface area contributed by atoms with Gasteiger partial charge < -0.3 is 5.11 Å². The third-order valence-electron chi connectivity index (χ3n) is 6.34. The number of aromatic nitrogens is 2. The van der Waals surface area contributed by atoms with Gasteiger partial charge in [-0.3, -0.25) is 14.5 Å². The normalized spacial score (nSPS) is 16.8. The first-order valence-electron chi connectivity index (χ1n) is 11.9. The predicted molar refractivity (Wildman–Crippen MR) is 153 cm³/mol. The van der Waals surface area contributed by atoms with Gasteiger partial charge in [0.25, 0.3) is 5.78 Å². The minimum Gasteiger partial charge on any atom is -0.507 e. The molecule has 1 aliphatic heterocycles. The van der Waals surface area contributed by atoms with Gasteiger partial charge in [0, 0.05) is 16.3 Å². The second kappa shape index (κ2) is 10.7. The van der Waals surface area contributed by atoms with Gasteiger partial charge in [-0.2, -0.15) is 0 Å². The molecule has 9 heteroatoms. The summed E-state index contributed by atoms with van der Waals surface area (Å²) in [5.41, 5.74) is 5.13. The van der Waals surface area contributed by atoms with E-state index < -0.39 is 17.7 Å². The van der Waals surface area contributed by atoms with Crippen molar-refractivity contribution in [2.45, 2.75) is 36.9 Å². The number of aliphatic hydroxyl groups is 1. The molecule has 1 amide bonds. The largest absolute Gasteiger partial charge is 0.507 e. The highest BCUT2D eigenvalue weighted by Crippen LogP contribution is 2.44. The first kappa shape index (κ1) is 26.2. The molecule has 1 saturated heterocycles. The molecule has 0 radical (unpaired) electrons. The van der Waals surface area contributed by atoms with Gasteiger partial charge in [0.05, 0.1) is 11.6 Å². The highest BCUT2D eigenvalue weighted by Gasteiger charge is 2.48. The zero-order chi connectivity index (χ0) is 27.0. The van der Waals surface area contributed by atoms with E-state index in [2.05, 4.69) is 34.5 Å². The van der Waals surface area contributed by atoms with Crippen LogP contribution in [0.25, 0.3) is 5.76 Å². The summed E-state index contributed by atoms with van der Waals surface area (Å²) in [6.07, 6.45) is 0. The number of aryl methyl sites for hydroxylation is 3. The Morgan fingerprint density at radius 3 is 2.47 bits per heavy atom. The average molecular weight is 562 g/mol. The number of hydrogen-bond donors (Lipinski definition) is 1. The maximum Gasteiger partial charge on any atom is 0.301 e. The fourth-order valence-electron chi connectivity index (χ4n) is 4.35. The molecule has 1 N–H and O–H groups in total. The molecule has 1 atom stereocenters. The second-order valence-corrected chi connectivity index (χ2v) is 11.8. The van der Waals surface area contributed by atoms with E-state index in [1.807, 2.05) is 32.9 Å². The first-order chi connectivity index (χ1) is 18.2. The number of rotatable bonds is 6. The van der Waals surface area contributed by atoms with E-state index >= 15 is 0 Å². The smallest absolute Gasteiger partial charge is 0.301 e. The molecule has 4 aromatic rings. The fraction of sp³-hybridized carbons (Fsp3) is 0.172. The molecule has 3 aromatic carbocycles. The average Bonchev–Trinajstić information content (AvgIpc) is 3.47. The lowest BCUT2D eigenvalue weighted by molar-refractivity contribution is -0.132. The summed E-state index contributed by atoms with van der Waals surface area (Å²) in [6, 6.07) is 19.9. The standard InChI is InChI=1S/C29H24ClN3O3S2/c1-16-8-11-19(12-9-16)15-37-29-32-31-28(38-29)33-24(20-5-4-6-21(30)14-20)23(26(35)27(33)36)25(34)22-13-17(2)7-10-18(22)3/h4-14,24,34H,15H2,1-3H3. The predicted octanol–water partition coefficient (Wildman–Crippen LogP) is 7.04. The van der Waals surface area contributed by atoms with Crippen LogP contribution in [0.3, 0.4) is 0 Å². The minimum atomic E-state index is -0.906. The zero-order valence-electron chi connectivity index (χ0n) is 20.9. The van der Waals surface area contributed by atoms with Crippen molar-refractivity contribution in [1.29, 1.82) is 0 Å². The Kier molecular flexibility index (Phi) is 7.38. The van der Waals surface area contributed by atoms with Gasteiger partial charge in [-0.25, -0.2) is 0 Å². The van der Waals surface area contributed by atoms with Crippen molar-refractivity contribution in [3.63, 3.8) is 0 Å². The van der Waals surface area contributed by atoms with E-state index in [4.69, 9.17) is 11.6 Å². The van der Waals surface area contributed by atoms with Crippen LogP contribution < -0.4 is 4.90 Å². The van der Waals surface area contributed by atoms with Crippen molar-refractivity contribution < 1.29 is 14.7 Å². The molecule has 1 fully saturated rings. The maximum absolute atomic E-state index is 13.4. The molecule has 5 rings (SSSR count). The van der Waals surface area contributed by atoms with Crippen LogP contribution in [-0.4, -0.2) is 27.0 Å². The Bertz CT molecular complexity index is 1580. The number of benzene rings is 3. The third-order valence-corrected chi connectivity index (χ3v) is 8.70. The molecule has 0 aliphatic carbocycles. The van der Waals surface area contributed by atoms with Crippen LogP contribution in [0.2, 0.25) is 5.02 Å². The number of Topliss-reactive ketones (excluding diaryl/α,β-unsaturated/α-hetero) is 1. The molecule has 192 valence electrons. The van der Waals surface area contributed by atoms with Crippen LogP contribution in [0.15, 0.2) is 76.6 Å². The monoisotopic (exact) mass is 561 g/mol. The van der Waals surface area contributed by atoms with Gasteiger partial charge >= 0.3 is 5.91 Å². The summed E-state index contributed by atoms with van der Waals surface area (Å²) in [5, 5.41) is 20.7. The zero-order valence-corrected chi connectivity index (χ0v) is 23.3. The molecule has 1 aromatic heterocycles. The number of amides is 1. The van der Waals surface area contributed by atoms with Gasteiger partial charge in [0.1, 0.15) is 5.76 Å². The number of aliphatic hydroxyl groups excluding tert-OH is 1. The number of thioether (sulfide) groups is 1. The van der Waals surface area contributed by atoms with E-state index in [-0.39, 0.29) is 16.5 Å². The highest BCUT2D eigenvalue weighted by atomic mass is 35.5. The summed E-state index contributed by atoms with van der Waals surface area (Å²) in [6.45, 7) is 5.79. The molecular formula is C29H24ClN3O3S2. The number of ketones is 1. The van der Waals surface area contributed by atoms with Crippen molar-refractivity contribution in [2.75, 3.05) is 4.90 Å². The van der Waals surface area contributed by atoms with Crippen molar-refractivity contribution >= 4 is 57.3 Å². The SMILES string of the molecule is Cc1ccc(CSc2nnc(N3C(=O)C(=O)C(=C(O)c4cc(C)ccc4C)C3c3cccc(Cl)c3)s2)cc1. The minimum absolute atomic E-state index is 0.00461. The Balaban J connectivity index is 1.56. The van der Waals surface area contributed by atoms with E-state index in [1.54, 1.807) is 30.3 Å². The van der Waals surface area contributed by atoms with Crippen LogP contribution in [0.4, 0.5) is 5.13 Å².